The Morgan fingerprint density at radius 2 is 2.18 bits per heavy atom. The molecule has 5 nitrogen and oxygen atoms in total. The minimum Gasteiger partial charge on any atom is -0.399 e. The maximum atomic E-state index is 5.79. The Hall–Kier alpha value is -2.82. The minimum atomic E-state index is 0.706. The molecule has 2 heterocycles. The number of benzene rings is 1. The molecular weight excluding hydrogens is 274 g/mol. The number of nitrogen functional groups attached to an aromatic ring is 1. The lowest BCUT2D eigenvalue weighted by Crippen LogP contribution is -2.11. The largest absolute Gasteiger partial charge is 0.399 e. The topological polar surface area (TPSA) is 58.9 Å². The maximum Gasteiger partial charge on any atom is 0.137 e. The van der Waals surface area contributed by atoms with Crippen LogP contribution in [0.25, 0.3) is 5.65 Å². The van der Waals surface area contributed by atoms with E-state index in [0.717, 1.165) is 22.6 Å². The van der Waals surface area contributed by atoms with Gasteiger partial charge in [0.1, 0.15) is 5.65 Å². The van der Waals surface area contributed by atoms with E-state index in [1.165, 1.54) is 5.56 Å². The van der Waals surface area contributed by atoms with E-state index in [-0.39, 0.29) is 0 Å². The smallest absolute Gasteiger partial charge is 0.137 e. The van der Waals surface area contributed by atoms with Crippen molar-refractivity contribution in [2.24, 2.45) is 5.10 Å². The third-order valence-electron chi connectivity index (χ3n) is 3.43. The van der Waals surface area contributed by atoms with E-state index in [9.17, 15) is 0 Å². The average Bonchev–Trinajstić information content (AvgIpc) is 2.87. The molecule has 0 unspecified atom stereocenters. The first-order chi connectivity index (χ1) is 10.6. The number of anilines is 1. The normalized spacial score (nSPS) is 11.4. The molecule has 0 aliphatic carbocycles. The number of pyridine rings is 1. The van der Waals surface area contributed by atoms with Gasteiger partial charge in [-0.1, -0.05) is 18.2 Å². The number of nitrogens with two attached hydrogens (primary N) is 1. The van der Waals surface area contributed by atoms with Crippen LogP contribution in [0.3, 0.4) is 0 Å². The van der Waals surface area contributed by atoms with Gasteiger partial charge < -0.3 is 5.73 Å². The number of nitrogens with zero attached hydrogens (tertiary/aromatic N) is 4. The van der Waals surface area contributed by atoms with E-state index in [0.29, 0.717) is 6.54 Å². The van der Waals surface area contributed by atoms with Gasteiger partial charge in [-0.2, -0.15) is 5.10 Å². The summed E-state index contributed by atoms with van der Waals surface area (Å²) in [5.41, 5.74) is 10.8. The van der Waals surface area contributed by atoms with Gasteiger partial charge >= 0.3 is 0 Å². The van der Waals surface area contributed by atoms with Gasteiger partial charge in [0.05, 0.1) is 24.7 Å². The van der Waals surface area contributed by atoms with Gasteiger partial charge in [-0.05, 0) is 36.2 Å². The summed E-state index contributed by atoms with van der Waals surface area (Å²) in [6.45, 7) is 2.77. The van der Waals surface area contributed by atoms with Crippen LogP contribution in [0.15, 0.2) is 53.9 Å². The van der Waals surface area contributed by atoms with E-state index in [4.69, 9.17) is 5.73 Å². The van der Waals surface area contributed by atoms with Crippen LogP contribution >= 0.6 is 0 Å². The third-order valence-corrected chi connectivity index (χ3v) is 3.43. The zero-order valence-corrected chi connectivity index (χ0v) is 12.8. The molecule has 0 bridgehead atoms. The Balaban J connectivity index is 1.76. The van der Waals surface area contributed by atoms with E-state index >= 15 is 0 Å². The van der Waals surface area contributed by atoms with E-state index in [1.54, 1.807) is 0 Å². The Morgan fingerprint density at radius 3 is 3.00 bits per heavy atom. The highest BCUT2D eigenvalue weighted by Gasteiger charge is 2.02. The second kappa shape index (κ2) is 5.89. The Kier molecular flexibility index (Phi) is 3.78. The number of hydrogen-bond acceptors (Lipinski definition) is 4. The first kappa shape index (κ1) is 14.1. The fourth-order valence-electron chi connectivity index (χ4n) is 2.36. The Morgan fingerprint density at radius 1 is 1.32 bits per heavy atom. The highest BCUT2D eigenvalue weighted by atomic mass is 15.4. The summed E-state index contributed by atoms with van der Waals surface area (Å²) in [6, 6.07) is 11.9. The molecule has 22 heavy (non-hydrogen) atoms. The highest BCUT2D eigenvalue weighted by molar-refractivity contribution is 5.78. The summed E-state index contributed by atoms with van der Waals surface area (Å²) in [5.74, 6) is 0. The molecule has 0 radical (unpaired) electrons. The van der Waals surface area contributed by atoms with E-state index < -0.39 is 0 Å². The highest BCUT2D eigenvalue weighted by Crippen LogP contribution is 2.10. The number of rotatable bonds is 4. The second-order valence-corrected chi connectivity index (χ2v) is 5.42. The van der Waals surface area contributed by atoms with Gasteiger partial charge in [-0.15, -0.1) is 0 Å². The van der Waals surface area contributed by atoms with Crippen molar-refractivity contribution in [1.29, 1.82) is 0 Å². The number of aromatic nitrogens is 2. The summed E-state index contributed by atoms with van der Waals surface area (Å²) in [5, 5.41) is 6.36. The van der Waals surface area contributed by atoms with E-state index in [2.05, 4.69) is 29.3 Å². The number of fused-ring (bicyclic) bond motifs is 1. The first-order valence-electron chi connectivity index (χ1n) is 7.15. The molecule has 0 saturated heterocycles. The summed E-state index contributed by atoms with van der Waals surface area (Å²) in [4.78, 5) is 4.37. The lowest BCUT2D eigenvalue weighted by Gasteiger charge is -2.12. The van der Waals surface area contributed by atoms with Crippen LogP contribution in [-0.2, 0) is 6.54 Å². The van der Waals surface area contributed by atoms with Crippen molar-refractivity contribution in [2.75, 3.05) is 12.8 Å². The van der Waals surface area contributed by atoms with Crippen molar-refractivity contribution in [1.82, 2.24) is 14.4 Å². The molecule has 112 valence electrons. The SMILES string of the molecule is Cc1ccc2ncc(/C=N/N(C)Cc3cccc(N)c3)n2c1. The number of hydrogen-bond donors (Lipinski definition) is 1. The molecule has 0 atom stereocenters. The van der Waals surface area contributed by atoms with Crippen molar-refractivity contribution < 1.29 is 0 Å². The van der Waals surface area contributed by atoms with Crippen LogP contribution in [0.2, 0.25) is 0 Å². The van der Waals surface area contributed by atoms with Crippen LogP contribution in [0, 0.1) is 6.92 Å². The van der Waals surface area contributed by atoms with Gasteiger partial charge in [-0.3, -0.25) is 9.41 Å². The van der Waals surface area contributed by atoms with E-state index in [1.807, 2.05) is 59.2 Å². The van der Waals surface area contributed by atoms with Gasteiger partial charge in [0.15, 0.2) is 0 Å². The van der Waals surface area contributed by atoms with Crippen molar-refractivity contribution >= 4 is 17.5 Å². The van der Waals surface area contributed by atoms with Gasteiger partial charge in [0, 0.05) is 18.9 Å². The molecule has 0 spiro atoms. The van der Waals surface area contributed by atoms with Crippen LogP contribution < -0.4 is 5.73 Å². The van der Waals surface area contributed by atoms with Crippen molar-refractivity contribution in [3.63, 3.8) is 0 Å². The molecule has 3 aromatic rings. The number of aryl methyl sites for hydroxylation is 1. The Bertz CT molecular complexity index is 819. The molecule has 0 aliphatic heterocycles. The summed E-state index contributed by atoms with van der Waals surface area (Å²) < 4.78 is 2.03. The van der Waals surface area contributed by atoms with Gasteiger partial charge in [0.25, 0.3) is 0 Å². The quantitative estimate of drug-likeness (QED) is 0.457. The molecule has 1 aromatic carbocycles. The molecule has 5 heteroatoms. The molecule has 2 aromatic heterocycles. The predicted octanol–water partition coefficient (Wildman–Crippen LogP) is 2.69. The minimum absolute atomic E-state index is 0.706. The zero-order valence-electron chi connectivity index (χ0n) is 12.8. The molecule has 0 amide bonds. The molecule has 2 N–H and O–H groups in total. The van der Waals surface area contributed by atoms with Crippen LogP contribution in [-0.4, -0.2) is 27.7 Å². The molecule has 3 rings (SSSR count). The average molecular weight is 293 g/mol. The van der Waals surface area contributed by atoms with Crippen LogP contribution in [0.1, 0.15) is 16.8 Å². The standard InChI is InChI=1S/C17H19N5/c1-13-6-7-17-19-9-16(22(17)11-13)10-20-21(2)12-14-4-3-5-15(18)8-14/h3-11H,12,18H2,1-2H3/b20-10+. The third kappa shape index (κ3) is 3.09. The van der Waals surface area contributed by atoms with Crippen LogP contribution in [0.4, 0.5) is 5.69 Å². The van der Waals surface area contributed by atoms with Gasteiger partial charge in [0.2, 0.25) is 0 Å². The van der Waals surface area contributed by atoms with Crippen molar-refractivity contribution in [2.45, 2.75) is 13.5 Å². The number of hydrazone groups is 1. The summed E-state index contributed by atoms with van der Waals surface area (Å²) in [6.07, 6.45) is 5.71. The predicted molar refractivity (Wildman–Crippen MR) is 89.8 cm³/mol. The summed E-state index contributed by atoms with van der Waals surface area (Å²) >= 11 is 0. The Labute approximate surface area is 129 Å². The summed E-state index contributed by atoms with van der Waals surface area (Å²) in [7, 11) is 1.94. The van der Waals surface area contributed by atoms with Crippen LogP contribution in [0.5, 0.6) is 0 Å². The van der Waals surface area contributed by atoms with Crippen molar-refractivity contribution in [3.8, 4) is 0 Å². The monoisotopic (exact) mass is 293 g/mol. The fraction of sp³-hybridized carbons (Fsp3) is 0.176. The molecule has 0 aliphatic rings. The second-order valence-electron chi connectivity index (χ2n) is 5.42. The zero-order chi connectivity index (χ0) is 15.5. The van der Waals surface area contributed by atoms with Gasteiger partial charge in [-0.25, -0.2) is 4.98 Å². The lowest BCUT2D eigenvalue weighted by atomic mass is 10.2. The van der Waals surface area contributed by atoms with Crippen molar-refractivity contribution in [3.05, 3.63) is 65.6 Å². The maximum absolute atomic E-state index is 5.79. The molecule has 0 fully saturated rings. The molecule has 0 saturated carbocycles. The lowest BCUT2D eigenvalue weighted by molar-refractivity contribution is 0.349. The first-order valence-corrected chi connectivity index (χ1v) is 7.15. The number of imidazole rings is 1. The fourth-order valence-corrected chi connectivity index (χ4v) is 2.36. The molecular formula is C17H19N5.